The van der Waals surface area contributed by atoms with Gasteiger partial charge in [0.15, 0.2) is 0 Å². The molecule has 0 amide bonds. The molecule has 1 fully saturated rings. The number of hydrogen-bond donors (Lipinski definition) is 0. The molecule has 0 saturated carbocycles. The van der Waals surface area contributed by atoms with Gasteiger partial charge in [-0.1, -0.05) is 6.07 Å². The number of aromatic nitrogens is 2. The monoisotopic (exact) mass is 366 g/mol. The Bertz CT molecular complexity index is 812. The van der Waals surface area contributed by atoms with E-state index < -0.39 is 0 Å². The Labute approximate surface area is 162 Å². The Morgan fingerprint density at radius 2 is 1.74 bits per heavy atom. The third kappa shape index (κ3) is 3.79. The summed E-state index contributed by atoms with van der Waals surface area (Å²) in [6, 6.07) is 4.70. The van der Waals surface area contributed by atoms with Gasteiger partial charge in [0.1, 0.15) is 17.9 Å². The first-order chi connectivity index (χ1) is 13.2. The topological polar surface area (TPSA) is 41.5 Å². The van der Waals surface area contributed by atoms with Crippen LogP contribution in [0.4, 0.5) is 5.82 Å². The fourth-order valence-electron chi connectivity index (χ4n) is 4.27. The molecule has 1 aromatic heterocycles. The predicted octanol–water partition coefficient (Wildman–Crippen LogP) is 3.30. The Hall–Kier alpha value is -2.14. The minimum absolute atomic E-state index is 0.728. The molecule has 27 heavy (non-hydrogen) atoms. The highest BCUT2D eigenvalue weighted by atomic mass is 16.5. The van der Waals surface area contributed by atoms with E-state index in [1.54, 1.807) is 6.33 Å². The number of aryl methyl sites for hydroxylation is 3. The number of nitrogens with zero attached hydrogens (tertiary/aromatic N) is 4. The van der Waals surface area contributed by atoms with Crippen molar-refractivity contribution >= 4 is 5.82 Å². The summed E-state index contributed by atoms with van der Waals surface area (Å²) in [5, 5.41) is 0. The van der Waals surface area contributed by atoms with E-state index in [2.05, 4.69) is 52.7 Å². The maximum atomic E-state index is 5.97. The molecule has 0 radical (unpaired) electrons. The van der Waals surface area contributed by atoms with Gasteiger partial charge < -0.3 is 9.64 Å². The molecule has 4 rings (SSSR count). The number of hydrogen-bond acceptors (Lipinski definition) is 5. The number of ether oxygens (including phenoxy) is 1. The standard InChI is InChI=1S/C22H30N4O/c1-4-27-21-13-19-7-5-6-18(19)12-20(21)14-25-8-10-26(11-9-25)22-16(2)17(3)23-15-24-22/h12-13,15H,4-11,14H2,1-3H3. The van der Waals surface area contributed by atoms with E-state index in [9.17, 15) is 0 Å². The van der Waals surface area contributed by atoms with Crippen LogP contribution in [0, 0.1) is 13.8 Å². The third-order valence-corrected chi connectivity index (χ3v) is 5.95. The van der Waals surface area contributed by atoms with Gasteiger partial charge in [-0.3, -0.25) is 4.90 Å². The van der Waals surface area contributed by atoms with Crippen LogP contribution in [0.15, 0.2) is 18.5 Å². The summed E-state index contributed by atoms with van der Waals surface area (Å²) >= 11 is 0. The SMILES string of the molecule is CCOc1cc2c(cc1CN1CCN(c3ncnc(C)c3C)CC1)CCC2. The van der Waals surface area contributed by atoms with E-state index in [0.717, 1.165) is 56.6 Å². The molecule has 144 valence electrons. The van der Waals surface area contributed by atoms with Crippen LogP contribution in [-0.4, -0.2) is 47.7 Å². The van der Waals surface area contributed by atoms with Gasteiger partial charge in [0, 0.05) is 49.5 Å². The second-order valence-corrected chi connectivity index (χ2v) is 7.69. The number of anilines is 1. The first-order valence-electron chi connectivity index (χ1n) is 10.2. The van der Waals surface area contributed by atoms with Gasteiger partial charge in [0.25, 0.3) is 0 Å². The van der Waals surface area contributed by atoms with E-state index in [1.165, 1.54) is 41.5 Å². The molecule has 2 aliphatic rings. The summed E-state index contributed by atoms with van der Waals surface area (Å²) in [6.07, 6.45) is 5.38. The Balaban J connectivity index is 1.44. The van der Waals surface area contributed by atoms with Gasteiger partial charge in [-0.2, -0.15) is 0 Å². The minimum Gasteiger partial charge on any atom is -0.494 e. The van der Waals surface area contributed by atoms with E-state index in [-0.39, 0.29) is 0 Å². The smallest absolute Gasteiger partial charge is 0.135 e. The summed E-state index contributed by atoms with van der Waals surface area (Å²) in [4.78, 5) is 13.8. The summed E-state index contributed by atoms with van der Waals surface area (Å²) in [5.41, 5.74) is 6.63. The quantitative estimate of drug-likeness (QED) is 0.812. The first kappa shape index (κ1) is 18.2. The highest BCUT2D eigenvalue weighted by Gasteiger charge is 2.22. The molecular formula is C22H30N4O. The third-order valence-electron chi connectivity index (χ3n) is 5.95. The molecule has 0 atom stereocenters. The number of benzene rings is 1. The molecule has 5 heteroatoms. The molecule has 0 spiro atoms. The molecule has 2 aromatic rings. The molecule has 1 aliphatic carbocycles. The van der Waals surface area contributed by atoms with E-state index in [0.29, 0.717) is 0 Å². The van der Waals surface area contributed by atoms with Gasteiger partial charge in [-0.05, 0) is 57.2 Å². The summed E-state index contributed by atoms with van der Waals surface area (Å²) in [6.45, 7) is 12.1. The normalized spacial score (nSPS) is 17.2. The van der Waals surface area contributed by atoms with Gasteiger partial charge >= 0.3 is 0 Å². The van der Waals surface area contributed by atoms with Crippen molar-refractivity contribution in [3.63, 3.8) is 0 Å². The highest BCUT2D eigenvalue weighted by Crippen LogP contribution is 2.31. The van der Waals surface area contributed by atoms with Crippen LogP contribution in [0.25, 0.3) is 0 Å². The second-order valence-electron chi connectivity index (χ2n) is 7.69. The fourth-order valence-corrected chi connectivity index (χ4v) is 4.27. The Morgan fingerprint density at radius 1 is 1.00 bits per heavy atom. The van der Waals surface area contributed by atoms with Crippen molar-refractivity contribution in [1.82, 2.24) is 14.9 Å². The minimum atomic E-state index is 0.728. The van der Waals surface area contributed by atoms with Crippen molar-refractivity contribution in [3.8, 4) is 5.75 Å². The van der Waals surface area contributed by atoms with Crippen molar-refractivity contribution in [2.75, 3.05) is 37.7 Å². The molecular weight excluding hydrogens is 336 g/mol. The largest absolute Gasteiger partial charge is 0.494 e. The van der Waals surface area contributed by atoms with Gasteiger partial charge in [-0.15, -0.1) is 0 Å². The molecule has 0 unspecified atom stereocenters. The predicted molar refractivity (Wildman–Crippen MR) is 109 cm³/mol. The Morgan fingerprint density at radius 3 is 2.48 bits per heavy atom. The number of rotatable bonds is 5. The molecule has 1 aromatic carbocycles. The lowest BCUT2D eigenvalue weighted by atomic mass is 10.0. The number of piperazine rings is 1. The number of fused-ring (bicyclic) bond motifs is 1. The van der Waals surface area contributed by atoms with Crippen LogP contribution in [0.3, 0.4) is 0 Å². The van der Waals surface area contributed by atoms with E-state index >= 15 is 0 Å². The van der Waals surface area contributed by atoms with Gasteiger partial charge in [0.2, 0.25) is 0 Å². The summed E-state index contributed by atoms with van der Waals surface area (Å²) in [5.74, 6) is 2.18. The molecule has 5 nitrogen and oxygen atoms in total. The molecule has 1 aliphatic heterocycles. The van der Waals surface area contributed by atoms with Gasteiger partial charge in [-0.25, -0.2) is 9.97 Å². The van der Waals surface area contributed by atoms with Crippen LogP contribution < -0.4 is 9.64 Å². The van der Waals surface area contributed by atoms with Gasteiger partial charge in [0.05, 0.1) is 6.61 Å². The average molecular weight is 367 g/mol. The average Bonchev–Trinajstić information content (AvgIpc) is 3.12. The Kier molecular flexibility index (Phi) is 5.30. The molecule has 0 bridgehead atoms. The molecule has 2 heterocycles. The van der Waals surface area contributed by atoms with Crippen LogP contribution in [-0.2, 0) is 19.4 Å². The van der Waals surface area contributed by atoms with E-state index in [4.69, 9.17) is 4.74 Å². The van der Waals surface area contributed by atoms with E-state index in [1.807, 2.05) is 0 Å². The van der Waals surface area contributed by atoms with Crippen molar-refractivity contribution in [1.29, 1.82) is 0 Å². The maximum Gasteiger partial charge on any atom is 0.135 e. The lowest BCUT2D eigenvalue weighted by Crippen LogP contribution is -2.46. The zero-order chi connectivity index (χ0) is 18.8. The fraction of sp³-hybridized carbons (Fsp3) is 0.545. The van der Waals surface area contributed by atoms with Crippen molar-refractivity contribution < 1.29 is 4.74 Å². The van der Waals surface area contributed by atoms with Crippen molar-refractivity contribution in [2.24, 2.45) is 0 Å². The highest BCUT2D eigenvalue weighted by molar-refractivity contribution is 5.48. The molecule has 1 saturated heterocycles. The lowest BCUT2D eigenvalue weighted by Gasteiger charge is -2.36. The van der Waals surface area contributed by atoms with Crippen LogP contribution in [0.2, 0.25) is 0 Å². The zero-order valence-corrected chi connectivity index (χ0v) is 16.8. The van der Waals surface area contributed by atoms with Crippen LogP contribution >= 0.6 is 0 Å². The molecule has 0 N–H and O–H groups in total. The lowest BCUT2D eigenvalue weighted by molar-refractivity contribution is 0.243. The summed E-state index contributed by atoms with van der Waals surface area (Å²) < 4.78 is 5.97. The first-order valence-corrected chi connectivity index (χ1v) is 10.2. The van der Waals surface area contributed by atoms with Crippen LogP contribution in [0.5, 0.6) is 5.75 Å². The zero-order valence-electron chi connectivity index (χ0n) is 16.8. The van der Waals surface area contributed by atoms with Crippen molar-refractivity contribution in [2.45, 2.75) is 46.6 Å². The van der Waals surface area contributed by atoms with Crippen LogP contribution in [0.1, 0.15) is 41.3 Å². The maximum absolute atomic E-state index is 5.97. The second kappa shape index (κ2) is 7.85. The van der Waals surface area contributed by atoms with Crippen molar-refractivity contribution in [3.05, 3.63) is 46.4 Å². The summed E-state index contributed by atoms with van der Waals surface area (Å²) in [7, 11) is 0.